The van der Waals surface area contributed by atoms with Gasteiger partial charge in [0.1, 0.15) is 12.5 Å². The van der Waals surface area contributed by atoms with E-state index < -0.39 is 11.9 Å². The third kappa shape index (κ3) is 2.83. The van der Waals surface area contributed by atoms with Gasteiger partial charge in [-0.1, -0.05) is 48.0 Å². The zero-order chi connectivity index (χ0) is 14.8. The van der Waals surface area contributed by atoms with Crippen LogP contribution in [0.5, 0.6) is 0 Å². The van der Waals surface area contributed by atoms with Gasteiger partial charge >= 0.3 is 5.97 Å². The number of rotatable bonds is 3. The monoisotopic (exact) mass is 300 g/mol. The molecule has 0 spiro atoms. The molecular weight excluding hydrogens is 288 g/mol. The quantitative estimate of drug-likeness (QED) is 0.644. The van der Waals surface area contributed by atoms with E-state index in [-0.39, 0.29) is 12.4 Å². The maximum absolute atomic E-state index is 12.2. The molecule has 3 nitrogen and oxygen atoms in total. The molecule has 2 aromatic rings. The van der Waals surface area contributed by atoms with Crippen LogP contribution >= 0.6 is 11.6 Å². The Balaban J connectivity index is 1.68. The summed E-state index contributed by atoms with van der Waals surface area (Å²) in [4.78, 5) is 24.3. The molecule has 2 aromatic carbocycles. The number of ether oxygens (including phenoxy) is 1. The Morgan fingerprint density at radius 2 is 1.95 bits per heavy atom. The number of fused-ring (bicyclic) bond motifs is 1. The molecule has 0 amide bonds. The van der Waals surface area contributed by atoms with Crippen molar-refractivity contribution in [2.75, 3.05) is 0 Å². The normalized spacial score (nSPS) is 16.6. The molecular formula is C17H13ClO3. The molecule has 0 saturated carbocycles. The molecule has 0 saturated heterocycles. The standard InChI is InChI=1S/C17H13ClO3/c18-13-7-6-12-8-15(16(19)14(12)9-13)17(20)21-10-11-4-2-1-3-5-11/h1-7,9,15H,8,10H2. The molecule has 0 fully saturated rings. The molecule has 1 aliphatic carbocycles. The number of halogens is 1. The summed E-state index contributed by atoms with van der Waals surface area (Å²) in [5.74, 6) is -1.43. The van der Waals surface area contributed by atoms with Crippen LogP contribution in [0.1, 0.15) is 21.5 Å². The summed E-state index contributed by atoms with van der Waals surface area (Å²) in [6.45, 7) is 0.181. The van der Waals surface area contributed by atoms with E-state index in [2.05, 4.69) is 0 Å². The summed E-state index contributed by atoms with van der Waals surface area (Å²) in [5, 5.41) is 0.500. The van der Waals surface area contributed by atoms with Crippen molar-refractivity contribution in [2.24, 2.45) is 5.92 Å². The molecule has 1 atom stereocenters. The Kier molecular flexibility index (Phi) is 3.76. The summed E-state index contributed by atoms with van der Waals surface area (Å²) >= 11 is 5.89. The lowest BCUT2D eigenvalue weighted by Gasteiger charge is -2.08. The van der Waals surface area contributed by atoms with Crippen molar-refractivity contribution in [1.29, 1.82) is 0 Å². The molecule has 0 aromatic heterocycles. The molecule has 21 heavy (non-hydrogen) atoms. The van der Waals surface area contributed by atoms with Crippen LogP contribution in [0.25, 0.3) is 0 Å². The van der Waals surface area contributed by atoms with Gasteiger partial charge in [0.2, 0.25) is 0 Å². The van der Waals surface area contributed by atoms with E-state index in [4.69, 9.17) is 16.3 Å². The molecule has 3 rings (SSSR count). The van der Waals surface area contributed by atoms with Crippen molar-refractivity contribution in [3.63, 3.8) is 0 Å². The highest BCUT2D eigenvalue weighted by molar-refractivity contribution is 6.31. The highest BCUT2D eigenvalue weighted by Crippen LogP contribution is 2.30. The third-order valence-corrected chi connectivity index (χ3v) is 3.82. The number of hydrogen-bond acceptors (Lipinski definition) is 3. The van der Waals surface area contributed by atoms with Crippen LogP contribution in [0.2, 0.25) is 5.02 Å². The first-order valence-corrected chi connectivity index (χ1v) is 7.06. The second-order valence-electron chi connectivity index (χ2n) is 5.02. The van der Waals surface area contributed by atoms with Gasteiger partial charge in [0, 0.05) is 10.6 Å². The van der Waals surface area contributed by atoms with Gasteiger partial charge in [-0.15, -0.1) is 0 Å². The Bertz CT molecular complexity index is 694. The topological polar surface area (TPSA) is 43.4 Å². The van der Waals surface area contributed by atoms with Gasteiger partial charge in [0.15, 0.2) is 5.78 Å². The van der Waals surface area contributed by atoms with Crippen molar-refractivity contribution in [3.8, 4) is 0 Å². The average molecular weight is 301 g/mol. The first-order valence-electron chi connectivity index (χ1n) is 6.68. The zero-order valence-electron chi connectivity index (χ0n) is 11.2. The Labute approximate surface area is 127 Å². The lowest BCUT2D eigenvalue weighted by atomic mass is 10.1. The number of hydrogen-bond donors (Lipinski definition) is 0. The van der Waals surface area contributed by atoms with Crippen LogP contribution in [0, 0.1) is 5.92 Å². The van der Waals surface area contributed by atoms with E-state index in [1.54, 1.807) is 18.2 Å². The zero-order valence-corrected chi connectivity index (χ0v) is 12.0. The highest BCUT2D eigenvalue weighted by atomic mass is 35.5. The molecule has 1 aliphatic rings. The van der Waals surface area contributed by atoms with Crippen LogP contribution in [-0.4, -0.2) is 11.8 Å². The molecule has 0 heterocycles. The molecule has 0 bridgehead atoms. The SMILES string of the molecule is O=C(OCc1ccccc1)C1Cc2ccc(Cl)cc2C1=O. The third-order valence-electron chi connectivity index (χ3n) is 3.59. The average Bonchev–Trinajstić information content (AvgIpc) is 2.83. The van der Waals surface area contributed by atoms with Crippen LogP contribution in [0.3, 0.4) is 0 Å². The fourth-order valence-corrected chi connectivity index (χ4v) is 2.65. The summed E-state index contributed by atoms with van der Waals surface area (Å²) in [6, 6.07) is 14.5. The summed E-state index contributed by atoms with van der Waals surface area (Å²) in [5.41, 5.74) is 2.28. The number of benzene rings is 2. The fraction of sp³-hybridized carbons (Fsp3) is 0.176. The minimum Gasteiger partial charge on any atom is -0.460 e. The Hall–Kier alpha value is -2.13. The largest absolute Gasteiger partial charge is 0.460 e. The van der Waals surface area contributed by atoms with Crippen LogP contribution in [0.15, 0.2) is 48.5 Å². The van der Waals surface area contributed by atoms with E-state index in [0.29, 0.717) is 17.0 Å². The van der Waals surface area contributed by atoms with Gasteiger partial charge in [-0.2, -0.15) is 0 Å². The van der Waals surface area contributed by atoms with Crippen molar-refractivity contribution in [3.05, 3.63) is 70.2 Å². The highest BCUT2D eigenvalue weighted by Gasteiger charge is 2.36. The predicted molar refractivity (Wildman–Crippen MR) is 79.2 cm³/mol. The van der Waals surface area contributed by atoms with Crippen LogP contribution < -0.4 is 0 Å². The van der Waals surface area contributed by atoms with Crippen molar-refractivity contribution < 1.29 is 14.3 Å². The van der Waals surface area contributed by atoms with Gasteiger partial charge in [0.25, 0.3) is 0 Å². The van der Waals surface area contributed by atoms with E-state index >= 15 is 0 Å². The summed E-state index contributed by atoms with van der Waals surface area (Å²) in [6.07, 6.45) is 0.388. The van der Waals surface area contributed by atoms with Gasteiger partial charge in [-0.05, 0) is 29.7 Å². The second-order valence-corrected chi connectivity index (χ2v) is 5.45. The number of esters is 1. The molecule has 0 aliphatic heterocycles. The predicted octanol–water partition coefficient (Wildman–Crippen LogP) is 3.44. The fourth-order valence-electron chi connectivity index (χ4n) is 2.48. The van der Waals surface area contributed by atoms with Crippen molar-refractivity contribution in [2.45, 2.75) is 13.0 Å². The Morgan fingerprint density at radius 3 is 2.71 bits per heavy atom. The Morgan fingerprint density at radius 1 is 1.19 bits per heavy atom. The molecule has 0 radical (unpaired) electrons. The number of carbonyl (C=O) groups is 2. The van der Waals surface area contributed by atoms with Crippen molar-refractivity contribution >= 4 is 23.4 Å². The summed E-state index contributed by atoms with van der Waals surface area (Å²) < 4.78 is 5.25. The molecule has 4 heteroatoms. The van der Waals surface area contributed by atoms with Crippen LogP contribution in [0.4, 0.5) is 0 Å². The molecule has 106 valence electrons. The lowest BCUT2D eigenvalue weighted by molar-refractivity contribution is -0.147. The molecule has 1 unspecified atom stereocenters. The maximum Gasteiger partial charge on any atom is 0.317 e. The first-order chi connectivity index (χ1) is 10.1. The lowest BCUT2D eigenvalue weighted by Crippen LogP contribution is -2.23. The first kappa shape index (κ1) is 13.8. The van der Waals surface area contributed by atoms with Gasteiger partial charge < -0.3 is 4.74 Å². The second kappa shape index (κ2) is 5.70. The maximum atomic E-state index is 12.2. The van der Waals surface area contributed by atoms with E-state index in [1.165, 1.54) is 0 Å². The smallest absolute Gasteiger partial charge is 0.317 e. The van der Waals surface area contributed by atoms with Crippen LogP contribution in [-0.2, 0) is 22.6 Å². The summed E-state index contributed by atoms with van der Waals surface area (Å²) in [7, 11) is 0. The number of ketones is 1. The minimum atomic E-state index is -0.748. The van der Waals surface area contributed by atoms with Crippen molar-refractivity contribution in [1.82, 2.24) is 0 Å². The number of Topliss-reactive ketones (excluding diaryl/α,β-unsaturated/α-hetero) is 1. The van der Waals surface area contributed by atoms with Gasteiger partial charge in [-0.3, -0.25) is 9.59 Å². The number of carbonyl (C=O) groups excluding carboxylic acids is 2. The minimum absolute atomic E-state index is 0.181. The molecule has 0 N–H and O–H groups in total. The van der Waals surface area contributed by atoms with E-state index in [1.807, 2.05) is 30.3 Å². The van der Waals surface area contributed by atoms with E-state index in [0.717, 1.165) is 11.1 Å². The van der Waals surface area contributed by atoms with Gasteiger partial charge in [0.05, 0.1) is 0 Å². The van der Waals surface area contributed by atoms with Gasteiger partial charge in [-0.25, -0.2) is 0 Å². The van der Waals surface area contributed by atoms with E-state index in [9.17, 15) is 9.59 Å².